The minimum absolute atomic E-state index is 0.236. The highest BCUT2D eigenvalue weighted by Crippen LogP contribution is 2.26. The second-order valence-corrected chi connectivity index (χ2v) is 7.29. The van der Waals surface area contributed by atoms with Crippen molar-refractivity contribution < 1.29 is 14.4 Å². The highest BCUT2D eigenvalue weighted by Gasteiger charge is 2.37. The summed E-state index contributed by atoms with van der Waals surface area (Å²) in [6.45, 7) is 7.16. The van der Waals surface area contributed by atoms with Gasteiger partial charge in [0.2, 0.25) is 17.7 Å². The van der Waals surface area contributed by atoms with Gasteiger partial charge in [-0.1, -0.05) is 6.07 Å². The molecule has 1 fully saturated rings. The van der Waals surface area contributed by atoms with Crippen molar-refractivity contribution in [2.75, 3.05) is 11.9 Å². The lowest BCUT2D eigenvalue weighted by Gasteiger charge is -2.31. The van der Waals surface area contributed by atoms with Crippen molar-refractivity contribution in [1.29, 1.82) is 0 Å². The van der Waals surface area contributed by atoms with E-state index in [4.69, 9.17) is 0 Å². The highest BCUT2D eigenvalue weighted by atomic mass is 32.2. The first-order valence-electron chi connectivity index (χ1n) is 7.16. The largest absolute Gasteiger partial charge is 0.325 e. The van der Waals surface area contributed by atoms with Crippen LogP contribution in [-0.2, 0) is 14.4 Å². The van der Waals surface area contributed by atoms with Crippen LogP contribution in [0.1, 0.15) is 25.0 Å². The molecule has 118 valence electrons. The van der Waals surface area contributed by atoms with Crippen LogP contribution in [0, 0.1) is 13.8 Å². The van der Waals surface area contributed by atoms with Crippen molar-refractivity contribution >= 4 is 35.2 Å². The fourth-order valence-corrected chi connectivity index (χ4v) is 3.62. The number of thioether (sulfide) groups is 1. The van der Waals surface area contributed by atoms with E-state index in [1.807, 2.05) is 32.0 Å². The Hall–Kier alpha value is -1.82. The Labute approximate surface area is 134 Å². The van der Waals surface area contributed by atoms with Crippen LogP contribution >= 0.6 is 11.8 Å². The van der Waals surface area contributed by atoms with Crippen molar-refractivity contribution in [2.45, 2.75) is 38.2 Å². The smallest absolute Gasteiger partial charge is 0.244 e. The second kappa shape index (κ2) is 6.52. The number of carbonyl (C=O) groups excluding carboxylic acids is 3. The van der Waals surface area contributed by atoms with Gasteiger partial charge < -0.3 is 5.32 Å². The predicted molar refractivity (Wildman–Crippen MR) is 87.8 cm³/mol. The number of nitrogens with zero attached hydrogens (tertiary/aromatic N) is 1. The number of aryl methyl sites for hydroxylation is 2. The Morgan fingerprint density at radius 1 is 1.09 bits per heavy atom. The van der Waals surface area contributed by atoms with Crippen LogP contribution in [0.4, 0.5) is 5.69 Å². The van der Waals surface area contributed by atoms with E-state index in [-0.39, 0.29) is 34.8 Å². The molecule has 1 aromatic carbocycles. The first-order valence-corrected chi connectivity index (χ1v) is 8.11. The van der Waals surface area contributed by atoms with Crippen molar-refractivity contribution in [1.82, 2.24) is 4.90 Å². The SMILES string of the molecule is Cc1cc(C)cc(NC(=O)CN2C(=O)[C@H](C)S[C@H](C)C2=O)c1. The van der Waals surface area contributed by atoms with E-state index in [2.05, 4.69) is 5.32 Å². The zero-order valence-electron chi connectivity index (χ0n) is 13.2. The monoisotopic (exact) mass is 320 g/mol. The summed E-state index contributed by atoms with van der Waals surface area (Å²) in [4.78, 5) is 37.4. The summed E-state index contributed by atoms with van der Waals surface area (Å²) in [5, 5.41) is 2.14. The maximum Gasteiger partial charge on any atom is 0.244 e. The maximum atomic E-state index is 12.1. The number of imide groups is 1. The fraction of sp³-hybridized carbons (Fsp3) is 0.438. The standard InChI is InChI=1S/C16H20N2O3S/c1-9-5-10(2)7-13(6-9)17-14(19)8-18-15(20)11(3)22-12(4)16(18)21/h5-7,11-12H,8H2,1-4H3,(H,17,19)/t11-,12+. The van der Waals surface area contributed by atoms with Crippen LogP contribution in [0.25, 0.3) is 0 Å². The number of hydrogen-bond donors (Lipinski definition) is 1. The van der Waals surface area contributed by atoms with E-state index in [0.29, 0.717) is 5.69 Å². The van der Waals surface area contributed by atoms with Gasteiger partial charge in [0.15, 0.2) is 0 Å². The Balaban J connectivity index is 2.07. The third kappa shape index (κ3) is 3.68. The van der Waals surface area contributed by atoms with Crippen LogP contribution in [-0.4, -0.2) is 39.7 Å². The first-order chi connectivity index (χ1) is 10.3. The lowest BCUT2D eigenvalue weighted by atomic mass is 10.1. The van der Waals surface area contributed by atoms with Crippen molar-refractivity contribution in [2.24, 2.45) is 0 Å². The fourth-order valence-electron chi connectivity index (χ4n) is 2.52. The maximum absolute atomic E-state index is 12.1. The van der Waals surface area contributed by atoms with Crippen LogP contribution < -0.4 is 5.32 Å². The van der Waals surface area contributed by atoms with E-state index in [0.717, 1.165) is 16.0 Å². The number of benzene rings is 1. The van der Waals surface area contributed by atoms with E-state index in [1.54, 1.807) is 13.8 Å². The average molecular weight is 320 g/mol. The molecule has 5 nitrogen and oxygen atoms in total. The number of amides is 3. The van der Waals surface area contributed by atoms with Gasteiger partial charge in [-0.05, 0) is 51.0 Å². The van der Waals surface area contributed by atoms with Gasteiger partial charge in [-0.25, -0.2) is 0 Å². The van der Waals surface area contributed by atoms with Gasteiger partial charge in [-0.15, -0.1) is 11.8 Å². The van der Waals surface area contributed by atoms with Gasteiger partial charge in [0.25, 0.3) is 0 Å². The van der Waals surface area contributed by atoms with Crippen molar-refractivity contribution in [3.63, 3.8) is 0 Å². The molecule has 0 spiro atoms. The number of nitrogens with one attached hydrogen (secondary N) is 1. The van der Waals surface area contributed by atoms with Crippen LogP contribution in [0.5, 0.6) is 0 Å². The number of hydrogen-bond acceptors (Lipinski definition) is 4. The summed E-state index contributed by atoms with van der Waals surface area (Å²) in [6.07, 6.45) is 0. The minimum Gasteiger partial charge on any atom is -0.325 e. The van der Waals surface area contributed by atoms with Crippen molar-refractivity contribution in [3.05, 3.63) is 29.3 Å². The highest BCUT2D eigenvalue weighted by molar-refractivity contribution is 8.02. The summed E-state index contributed by atoms with van der Waals surface area (Å²) in [5.41, 5.74) is 2.76. The van der Waals surface area contributed by atoms with Gasteiger partial charge >= 0.3 is 0 Å². The van der Waals surface area contributed by atoms with E-state index in [9.17, 15) is 14.4 Å². The van der Waals surface area contributed by atoms with Gasteiger partial charge in [0.1, 0.15) is 6.54 Å². The summed E-state index contributed by atoms with van der Waals surface area (Å²) < 4.78 is 0. The Morgan fingerprint density at radius 3 is 2.09 bits per heavy atom. The van der Waals surface area contributed by atoms with Gasteiger partial charge in [0, 0.05) is 5.69 Å². The molecule has 2 rings (SSSR count). The van der Waals surface area contributed by atoms with E-state index < -0.39 is 0 Å². The molecule has 2 atom stereocenters. The summed E-state index contributed by atoms with van der Waals surface area (Å²) in [5.74, 6) is -0.967. The summed E-state index contributed by atoms with van der Waals surface area (Å²) in [7, 11) is 0. The molecule has 1 aromatic rings. The Morgan fingerprint density at radius 2 is 1.59 bits per heavy atom. The number of carbonyl (C=O) groups is 3. The molecule has 1 heterocycles. The molecule has 1 aliphatic heterocycles. The molecule has 0 unspecified atom stereocenters. The Kier molecular flexibility index (Phi) is 4.90. The normalized spacial score (nSPS) is 21.9. The molecular formula is C16H20N2O3S. The lowest BCUT2D eigenvalue weighted by Crippen LogP contribution is -2.52. The van der Waals surface area contributed by atoms with E-state index in [1.165, 1.54) is 11.8 Å². The third-order valence-corrected chi connectivity index (χ3v) is 4.66. The second-order valence-electron chi connectivity index (χ2n) is 5.61. The number of anilines is 1. The zero-order valence-corrected chi connectivity index (χ0v) is 14.0. The molecule has 1 saturated heterocycles. The van der Waals surface area contributed by atoms with E-state index >= 15 is 0 Å². The molecule has 6 heteroatoms. The van der Waals surface area contributed by atoms with Gasteiger partial charge in [-0.3, -0.25) is 19.3 Å². The molecule has 1 N–H and O–H groups in total. The Bertz CT molecular complexity index is 590. The molecule has 1 aliphatic rings. The quantitative estimate of drug-likeness (QED) is 0.866. The minimum atomic E-state index is -0.363. The molecule has 22 heavy (non-hydrogen) atoms. The van der Waals surface area contributed by atoms with Crippen LogP contribution in [0.15, 0.2) is 18.2 Å². The van der Waals surface area contributed by atoms with Crippen molar-refractivity contribution in [3.8, 4) is 0 Å². The topological polar surface area (TPSA) is 66.5 Å². The molecule has 0 saturated carbocycles. The third-order valence-electron chi connectivity index (χ3n) is 3.44. The first kappa shape index (κ1) is 16.5. The molecule has 0 aromatic heterocycles. The molecule has 0 bridgehead atoms. The predicted octanol–water partition coefficient (Wildman–Crippen LogP) is 2.12. The van der Waals surface area contributed by atoms with Crippen LogP contribution in [0.2, 0.25) is 0 Å². The molecule has 3 amide bonds. The summed E-state index contributed by atoms with van der Waals surface area (Å²) >= 11 is 1.32. The molecular weight excluding hydrogens is 300 g/mol. The van der Waals surface area contributed by atoms with Gasteiger partial charge in [0.05, 0.1) is 10.5 Å². The molecule has 0 aliphatic carbocycles. The molecule has 0 radical (unpaired) electrons. The average Bonchev–Trinajstić information content (AvgIpc) is 2.40. The zero-order chi connectivity index (χ0) is 16.4. The lowest BCUT2D eigenvalue weighted by molar-refractivity contribution is -0.147. The summed E-state index contributed by atoms with van der Waals surface area (Å²) in [6, 6.07) is 5.71. The van der Waals surface area contributed by atoms with Crippen LogP contribution in [0.3, 0.4) is 0 Å². The van der Waals surface area contributed by atoms with Gasteiger partial charge in [-0.2, -0.15) is 0 Å². The number of rotatable bonds is 3.